The quantitative estimate of drug-likeness (QED) is 0.676. The first-order chi connectivity index (χ1) is 9.31. The van der Waals surface area contributed by atoms with Crippen LogP contribution in [0, 0.1) is 0 Å². The monoisotopic (exact) mass is 252 g/mol. The van der Waals surface area contributed by atoms with Gasteiger partial charge in [0.05, 0.1) is 5.41 Å². The van der Waals surface area contributed by atoms with Gasteiger partial charge in [-0.2, -0.15) is 0 Å². The second-order valence-electron chi connectivity index (χ2n) is 5.00. The molecule has 0 saturated carbocycles. The Hall–Kier alpha value is -2.29. The minimum absolute atomic E-state index is 0.346. The maximum absolute atomic E-state index is 11.2. The van der Waals surface area contributed by atoms with Gasteiger partial charge in [-0.25, -0.2) is 4.79 Å². The van der Waals surface area contributed by atoms with Gasteiger partial charge in [-0.1, -0.05) is 48.5 Å². The molecule has 2 aromatic carbocycles. The summed E-state index contributed by atoms with van der Waals surface area (Å²) in [6.07, 6.45) is -0.576. The van der Waals surface area contributed by atoms with E-state index in [0.29, 0.717) is 13.2 Å². The Morgan fingerprint density at radius 2 is 1.26 bits per heavy atom. The molecule has 3 heteroatoms. The van der Waals surface area contributed by atoms with Crippen LogP contribution in [0.5, 0.6) is 0 Å². The zero-order valence-corrected chi connectivity index (χ0v) is 10.3. The van der Waals surface area contributed by atoms with Crippen molar-refractivity contribution in [1.29, 1.82) is 0 Å². The van der Waals surface area contributed by atoms with Gasteiger partial charge < -0.3 is 9.47 Å². The molecule has 94 valence electrons. The number of benzene rings is 2. The smallest absolute Gasteiger partial charge is 0.433 e. The Bertz CT molecular complexity index is 618. The van der Waals surface area contributed by atoms with Crippen LogP contribution in [0.25, 0.3) is 11.1 Å². The van der Waals surface area contributed by atoms with E-state index in [1.54, 1.807) is 0 Å². The van der Waals surface area contributed by atoms with Crippen LogP contribution in [0.2, 0.25) is 0 Å². The molecule has 0 unspecified atom stereocenters. The standard InChI is InChI=1S/C16H12O3/c17-15-18-9-16(10-19-15)13-7-3-1-5-11(13)12-6-2-4-8-14(12)16/h1-8H,9-10H2. The SMILES string of the molecule is O=C1OCC2(CO1)c1ccccc1-c1ccccc12. The van der Waals surface area contributed by atoms with Crippen molar-refractivity contribution in [2.45, 2.75) is 5.41 Å². The lowest BCUT2D eigenvalue weighted by Gasteiger charge is -2.34. The highest BCUT2D eigenvalue weighted by Crippen LogP contribution is 2.50. The molecule has 0 aromatic heterocycles. The lowest BCUT2D eigenvalue weighted by Crippen LogP contribution is -2.42. The maximum Gasteiger partial charge on any atom is 0.508 e. The zero-order chi connectivity index (χ0) is 12.9. The fraction of sp³-hybridized carbons (Fsp3) is 0.188. The van der Waals surface area contributed by atoms with Crippen molar-refractivity contribution in [2.75, 3.05) is 13.2 Å². The third-order valence-corrected chi connectivity index (χ3v) is 4.05. The highest BCUT2D eigenvalue weighted by molar-refractivity contribution is 5.82. The second-order valence-corrected chi connectivity index (χ2v) is 5.00. The van der Waals surface area contributed by atoms with Crippen molar-refractivity contribution >= 4 is 6.16 Å². The first-order valence-electron chi connectivity index (χ1n) is 6.30. The van der Waals surface area contributed by atoms with Crippen molar-refractivity contribution in [3.8, 4) is 11.1 Å². The van der Waals surface area contributed by atoms with Gasteiger partial charge in [0.1, 0.15) is 13.2 Å². The molecule has 0 radical (unpaired) electrons. The van der Waals surface area contributed by atoms with Gasteiger partial charge in [-0.15, -0.1) is 0 Å². The topological polar surface area (TPSA) is 35.5 Å². The Kier molecular flexibility index (Phi) is 2.01. The van der Waals surface area contributed by atoms with Gasteiger partial charge in [0.15, 0.2) is 0 Å². The average Bonchev–Trinajstić information content (AvgIpc) is 2.74. The highest BCUT2D eigenvalue weighted by Gasteiger charge is 2.47. The summed E-state index contributed by atoms with van der Waals surface area (Å²) in [6.45, 7) is 0.694. The molecule has 1 spiro atoms. The van der Waals surface area contributed by atoms with Crippen LogP contribution in [0.4, 0.5) is 4.79 Å². The predicted octanol–water partition coefficient (Wildman–Crippen LogP) is 3.12. The van der Waals surface area contributed by atoms with Gasteiger partial charge in [-0.05, 0) is 22.3 Å². The van der Waals surface area contributed by atoms with E-state index in [-0.39, 0.29) is 5.41 Å². The number of rotatable bonds is 0. The van der Waals surface area contributed by atoms with Gasteiger partial charge in [-0.3, -0.25) is 0 Å². The van der Waals surface area contributed by atoms with E-state index < -0.39 is 6.16 Å². The van der Waals surface area contributed by atoms with Crippen molar-refractivity contribution in [3.63, 3.8) is 0 Å². The van der Waals surface area contributed by atoms with Crippen molar-refractivity contribution < 1.29 is 14.3 Å². The van der Waals surface area contributed by atoms with E-state index in [1.165, 1.54) is 22.3 Å². The number of fused-ring (bicyclic) bond motifs is 5. The third kappa shape index (κ3) is 1.30. The molecule has 1 aliphatic carbocycles. The second kappa shape index (κ2) is 3.60. The zero-order valence-electron chi connectivity index (χ0n) is 10.3. The molecule has 19 heavy (non-hydrogen) atoms. The number of carbonyl (C=O) groups excluding carboxylic acids is 1. The molecule has 0 amide bonds. The van der Waals surface area contributed by atoms with E-state index in [0.717, 1.165) is 0 Å². The summed E-state index contributed by atoms with van der Waals surface area (Å²) in [5.74, 6) is 0. The number of hydrogen-bond acceptors (Lipinski definition) is 3. The maximum atomic E-state index is 11.2. The molecular formula is C16H12O3. The van der Waals surface area contributed by atoms with Crippen LogP contribution >= 0.6 is 0 Å². The van der Waals surface area contributed by atoms with Crippen LogP contribution in [0.3, 0.4) is 0 Å². The molecule has 1 saturated heterocycles. The average molecular weight is 252 g/mol. The first kappa shape index (κ1) is 10.6. The largest absolute Gasteiger partial charge is 0.508 e. The summed E-state index contributed by atoms with van der Waals surface area (Å²) in [5.41, 5.74) is 4.44. The molecule has 4 rings (SSSR count). The van der Waals surface area contributed by atoms with Gasteiger partial charge in [0, 0.05) is 0 Å². The van der Waals surface area contributed by atoms with Crippen molar-refractivity contribution in [3.05, 3.63) is 59.7 Å². The Balaban J connectivity index is 1.98. The first-order valence-corrected chi connectivity index (χ1v) is 6.30. The normalized spacial score (nSPS) is 18.4. The van der Waals surface area contributed by atoms with Crippen molar-refractivity contribution in [1.82, 2.24) is 0 Å². The van der Waals surface area contributed by atoms with Crippen molar-refractivity contribution in [2.24, 2.45) is 0 Å². The van der Waals surface area contributed by atoms with E-state index in [9.17, 15) is 4.79 Å². The van der Waals surface area contributed by atoms with Crippen LogP contribution in [-0.2, 0) is 14.9 Å². The third-order valence-electron chi connectivity index (χ3n) is 4.05. The number of cyclic esters (lactones) is 2. The molecule has 1 fully saturated rings. The molecular weight excluding hydrogens is 240 g/mol. The van der Waals surface area contributed by atoms with Crippen LogP contribution in [0.15, 0.2) is 48.5 Å². The molecule has 0 N–H and O–H groups in total. The van der Waals surface area contributed by atoms with Crippen LogP contribution < -0.4 is 0 Å². The number of ether oxygens (including phenoxy) is 2. The van der Waals surface area contributed by atoms with Crippen LogP contribution in [0.1, 0.15) is 11.1 Å². The summed E-state index contributed by atoms with van der Waals surface area (Å²) in [6, 6.07) is 16.5. The fourth-order valence-electron chi connectivity index (χ4n) is 3.17. The lowest BCUT2D eigenvalue weighted by molar-refractivity contribution is -0.0140. The molecule has 1 heterocycles. The van der Waals surface area contributed by atoms with E-state index >= 15 is 0 Å². The Morgan fingerprint density at radius 1 is 0.789 bits per heavy atom. The Morgan fingerprint density at radius 3 is 1.79 bits per heavy atom. The van der Waals surface area contributed by atoms with Gasteiger partial charge in [0.2, 0.25) is 0 Å². The lowest BCUT2D eigenvalue weighted by atomic mass is 9.79. The summed E-state index contributed by atoms with van der Waals surface area (Å²) >= 11 is 0. The van der Waals surface area contributed by atoms with E-state index in [4.69, 9.17) is 9.47 Å². The summed E-state index contributed by atoms with van der Waals surface area (Å²) in [4.78, 5) is 11.2. The minimum atomic E-state index is -0.576. The molecule has 1 aliphatic heterocycles. The van der Waals surface area contributed by atoms with E-state index in [2.05, 4.69) is 24.3 Å². The van der Waals surface area contributed by atoms with Gasteiger partial charge in [0.25, 0.3) is 0 Å². The summed E-state index contributed by atoms with van der Waals surface area (Å²) < 4.78 is 10.3. The number of hydrogen-bond donors (Lipinski definition) is 0. The summed E-state index contributed by atoms with van der Waals surface area (Å²) in [5, 5.41) is 0. The number of carbonyl (C=O) groups is 1. The summed E-state index contributed by atoms with van der Waals surface area (Å²) in [7, 11) is 0. The van der Waals surface area contributed by atoms with Crippen LogP contribution in [-0.4, -0.2) is 19.4 Å². The highest BCUT2D eigenvalue weighted by atomic mass is 16.7. The minimum Gasteiger partial charge on any atom is -0.433 e. The fourth-order valence-corrected chi connectivity index (χ4v) is 3.17. The molecule has 0 atom stereocenters. The van der Waals surface area contributed by atoms with E-state index in [1.807, 2.05) is 24.3 Å². The Labute approximate surface area is 110 Å². The van der Waals surface area contributed by atoms with Gasteiger partial charge >= 0.3 is 6.16 Å². The molecule has 0 bridgehead atoms. The predicted molar refractivity (Wildman–Crippen MR) is 70.0 cm³/mol. The molecule has 3 nitrogen and oxygen atoms in total. The molecule has 2 aromatic rings. The molecule has 2 aliphatic rings.